The van der Waals surface area contributed by atoms with Crippen molar-refractivity contribution >= 4 is 11.5 Å². The smallest absolute Gasteiger partial charge is 0.234 e. The van der Waals surface area contributed by atoms with Gasteiger partial charge in [-0.25, -0.2) is 0 Å². The molecule has 1 saturated carbocycles. The van der Waals surface area contributed by atoms with Gasteiger partial charge < -0.3 is 14.5 Å². The minimum atomic E-state index is 0.306. The molecule has 25 heavy (non-hydrogen) atoms. The Labute approximate surface area is 148 Å². The van der Waals surface area contributed by atoms with E-state index in [1.807, 2.05) is 24.1 Å². The maximum atomic E-state index is 6.06. The van der Waals surface area contributed by atoms with E-state index in [0.29, 0.717) is 12.0 Å². The molecule has 4 rings (SSSR count). The summed E-state index contributed by atoms with van der Waals surface area (Å²) in [5.41, 5.74) is 1.18. The Bertz CT molecular complexity index is 688. The van der Waals surface area contributed by atoms with E-state index in [2.05, 4.69) is 26.1 Å². The van der Waals surface area contributed by atoms with E-state index in [0.717, 1.165) is 44.8 Å². The van der Waals surface area contributed by atoms with Crippen LogP contribution in [0.4, 0.5) is 11.5 Å². The third-order valence-electron chi connectivity index (χ3n) is 5.10. The molecule has 2 aromatic heterocycles. The van der Waals surface area contributed by atoms with E-state index >= 15 is 0 Å². The number of piperazine rings is 1. The van der Waals surface area contributed by atoms with Gasteiger partial charge in [-0.05, 0) is 25.7 Å². The van der Waals surface area contributed by atoms with Crippen molar-refractivity contribution in [3.05, 3.63) is 24.8 Å². The summed E-state index contributed by atoms with van der Waals surface area (Å²) in [6, 6.07) is 0. The van der Waals surface area contributed by atoms with Gasteiger partial charge in [0.2, 0.25) is 5.88 Å². The maximum Gasteiger partial charge on any atom is 0.234 e. The van der Waals surface area contributed by atoms with Gasteiger partial charge in [-0.15, -0.1) is 0 Å². The van der Waals surface area contributed by atoms with Crippen molar-refractivity contribution in [1.29, 1.82) is 0 Å². The van der Waals surface area contributed by atoms with Crippen LogP contribution in [0.5, 0.6) is 5.88 Å². The first-order chi connectivity index (χ1) is 12.3. The molecule has 1 saturated heterocycles. The Balaban J connectivity index is 1.36. The van der Waals surface area contributed by atoms with Gasteiger partial charge in [-0.2, -0.15) is 10.1 Å². The van der Waals surface area contributed by atoms with Crippen molar-refractivity contribution in [2.45, 2.75) is 38.2 Å². The molecule has 2 aromatic rings. The van der Waals surface area contributed by atoms with E-state index in [1.54, 1.807) is 6.20 Å². The van der Waals surface area contributed by atoms with Crippen molar-refractivity contribution in [2.75, 3.05) is 36.0 Å². The fourth-order valence-corrected chi connectivity index (χ4v) is 3.67. The second kappa shape index (κ2) is 7.29. The van der Waals surface area contributed by atoms with Gasteiger partial charge in [0.25, 0.3) is 0 Å². The molecule has 0 spiro atoms. The average molecular weight is 342 g/mol. The SMILES string of the molecule is Cn1cc(N2CCN(c3cncc(OC4CCCCC4)n3)CC2)cn1. The lowest BCUT2D eigenvalue weighted by molar-refractivity contribution is 0.148. The molecular weight excluding hydrogens is 316 g/mol. The van der Waals surface area contributed by atoms with Crippen LogP contribution in [0.2, 0.25) is 0 Å². The van der Waals surface area contributed by atoms with E-state index in [4.69, 9.17) is 9.72 Å². The highest BCUT2D eigenvalue weighted by Gasteiger charge is 2.21. The number of hydrogen-bond acceptors (Lipinski definition) is 6. The highest BCUT2D eigenvalue weighted by atomic mass is 16.5. The number of anilines is 2. The monoisotopic (exact) mass is 342 g/mol. The molecule has 0 N–H and O–H groups in total. The Morgan fingerprint density at radius 3 is 2.44 bits per heavy atom. The Hall–Kier alpha value is -2.31. The Morgan fingerprint density at radius 2 is 1.72 bits per heavy atom. The van der Waals surface area contributed by atoms with Gasteiger partial charge >= 0.3 is 0 Å². The van der Waals surface area contributed by atoms with Crippen molar-refractivity contribution in [3.8, 4) is 5.88 Å². The third kappa shape index (κ3) is 3.86. The summed E-state index contributed by atoms with van der Waals surface area (Å²) in [6.45, 7) is 3.77. The number of aryl methyl sites for hydroxylation is 1. The number of nitrogens with zero attached hydrogens (tertiary/aromatic N) is 6. The predicted octanol–water partition coefficient (Wildman–Crippen LogP) is 2.25. The molecule has 7 heteroatoms. The summed E-state index contributed by atoms with van der Waals surface area (Å²) in [5.74, 6) is 1.58. The molecule has 0 radical (unpaired) electrons. The number of ether oxygens (including phenoxy) is 1. The molecule has 0 bridgehead atoms. The zero-order valence-electron chi connectivity index (χ0n) is 14.8. The van der Waals surface area contributed by atoms with E-state index < -0.39 is 0 Å². The summed E-state index contributed by atoms with van der Waals surface area (Å²) in [5, 5.41) is 4.26. The Kier molecular flexibility index (Phi) is 4.72. The van der Waals surface area contributed by atoms with Crippen molar-refractivity contribution in [1.82, 2.24) is 19.7 Å². The first-order valence-corrected chi connectivity index (χ1v) is 9.25. The van der Waals surface area contributed by atoms with Crippen LogP contribution >= 0.6 is 0 Å². The molecule has 0 amide bonds. The van der Waals surface area contributed by atoms with Crippen LogP contribution in [0.25, 0.3) is 0 Å². The fourth-order valence-electron chi connectivity index (χ4n) is 3.67. The summed E-state index contributed by atoms with van der Waals surface area (Å²) >= 11 is 0. The molecule has 0 aromatic carbocycles. The van der Waals surface area contributed by atoms with E-state index in [1.165, 1.54) is 24.9 Å². The third-order valence-corrected chi connectivity index (χ3v) is 5.10. The Morgan fingerprint density at radius 1 is 0.960 bits per heavy atom. The van der Waals surface area contributed by atoms with Gasteiger partial charge in [0.05, 0.1) is 24.3 Å². The van der Waals surface area contributed by atoms with Crippen molar-refractivity contribution < 1.29 is 4.74 Å². The summed E-state index contributed by atoms with van der Waals surface area (Å²) in [7, 11) is 1.95. The van der Waals surface area contributed by atoms with Crippen molar-refractivity contribution in [2.24, 2.45) is 7.05 Å². The molecule has 134 valence electrons. The average Bonchev–Trinajstić information content (AvgIpc) is 3.09. The molecule has 1 aliphatic carbocycles. The van der Waals surface area contributed by atoms with Crippen LogP contribution in [0, 0.1) is 0 Å². The van der Waals surface area contributed by atoms with Gasteiger partial charge in [-0.3, -0.25) is 9.67 Å². The molecule has 7 nitrogen and oxygen atoms in total. The molecule has 2 aliphatic rings. The van der Waals surface area contributed by atoms with E-state index in [9.17, 15) is 0 Å². The topological polar surface area (TPSA) is 59.3 Å². The summed E-state index contributed by atoms with van der Waals surface area (Å²) in [4.78, 5) is 13.7. The largest absolute Gasteiger partial charge is 0.473 e. The van der Waals surface area contributed by atoms with Crippen LogP contribution in [-0.4, -0.2) is 52.0 Å². The minimum Gasteiger partial charge on any atom is -0.473 e. The first kappa shape index (κ1) is 16.2. The molecular formula is C18H26N6O. The lowest BCUT2D eigenvalue weighted by Gasteiger charge is -2.35. The molecule has 2 fully saturated rings. The van der Waals surface area contributed by atoms with Gasteiger partial charge in [0.1, 0.15) is 6.10 Å². The highest BCUT2D eigenvalue weighted by molar-refractivity contribution is 5.46. The van der Waals surface area contributed by atoms with Crippen LogP contribution in [-0.2, 0) is 7.05 Å². The summed E-state index contributed by atoms with van der Waals surface area (Å²) < 4.78 is 7.90. The number of hydrogen-bond donors (Lipinski definition) is 0. The predicted molar refractivity (Wildman–Crippen MR) is 97.2 cm³/mol. The standard InChI is InChI=1S/C18H26N6O/c1-22-14-15(11-20-22)23-7-9-24(10-8-23)17-12-19-13-18(21-17)25-16-5-3-2-4-6-16/h11-14,16H,2-10H2,1H3. The minimum absolute atomic E-state index is 0.306. The lowest BCUT2D eigenvalue weighted by atomic mass is 9.98. The van der Waals surface area contributed by atoms with Gasteiger partial charge in [0, 0.05) is 39.4 Å². The summed E-state index contributed by atoms with van der Waals surface area (Å²) in [6.07, 6.45) is 14.0. The van der Waals surface area contributed by atoms with Crippen LogP contribution in [0.15, 0.2) is 24.8 Å². The van der Waals surface area contributed by atoms with Gasteiger partial charge in [0.15, 0.2) is 5.82 Å². The number of rotatable bonds is 4. The zero-order valence-corrected chi connectivity index (χ0v) is 14.8. The second-order valence-corrected chi connectivity index (χ2v) is 6.94. The van der Waals surface area contributed by atoms with Crippen LogP contribution in [0.1, 0.15) is 32.1 Å². The quantitative estimate of drug-likeness (QED) is 0.849. The zero-order chi connectivity index (χ0) is 17.1. The van der Waals surface area contributed by atoms with Crippen LogP contribution in [0.3, 0.4) is 0 Å². The molecule has 0 unspecified atom stereocenters. The van der Waals surface area contributed by atoms with Crippen LogP contribution < -0.4 is 14.5 Å². The highest BCUT2D eigenvalue weighted by Crippen LogP contribution is 2.24. The molecule has 3 heterocycles. The normalized spacial score (nSPS) is 19.2. The second-order valence-electron chi connectivity index (χ2n) is 6.94. The molecule has 0 atom stereocenters. The van der Waals surface area contributed by atoms with E-state index in [-0.39, 0.29) is 0 Å². The lowest BCUT2D eigenvalue weighted by Crippen LogP contribution is -2.46. The van der Waals surface area contributed by atoms with Crippen molar-refractivity contribution in [3.63, 3.8) is 0 Å². The van der Waals surface area contributed by atoms with Gasteiger partial charge in [-0.1, -0.05) is 6.42 Å². The maximum absolute atomic E-state index is 6.06. The number of aromatic nitrogens is 4. The fraction of sp³-hybridized carbons (Fsp3) is 0.611. The molecule has 1 aliphatic heterocycles. The first-order valence-electron chi connectivity index (χ1n) is 9.25.